The molecule has 1 aliphatic rings. The third-order valence-electron chi connectivity index (χ3n) is 4.30. The van der Waals surface area contributed by atoms with E-state index >= 15 is 0 Å². The zero-order valence-corrected chi connectivity index (χ0v) is 12.9. The minimum absolute atomic E-state index is 0.0490. The molecule has 1 saturated heterocycles. The van der Waals surface area contributed by atoms with Crippen molar-refractivity contribution in [3.05, 3.63) is 29.3 Å². The molecule has 1 amide bonds. The molecule has 2 rings (SSSR count). The van der Waals surface area contributed by atoms with Crippen molar-refractivity contribution in [3.63, 3.8) is 0 Å². The molecule has 116 valence electrons. The molecule has 1 aliphatic heterocycles. The standard InChI is InChI=1S/C16H25N3O2/c1-3-13(11-17)18-6-8-19(9-7-18)16(21)15-5-4-14(20)10-12(15)2/h4-5,10,13,20H,3,6-9,11,17H2,1-2H3. The summed E-state index contributed by atoms with van der Waals surface area (Å²) in [5.74, 6) is 0.246. The molecule has 21 heavy (non-hydrogen) atoms. The molecule has 0 bridgehead atoms. The summed E-state index contributed by atoms with van der Waals surface area (Å²) < 4.78 is 0. The van der Waals surface area contributed by atoms with Gasteiger partial charge in [-0.05, 0) is 37.1 Å². The molecule has 0 radical (unpaired) electrons. The van der Waals surface area contributed by atoms with Gasteiger partial charge in [0.05, 0.1) is 0 Å². The second-order valence-corrected chi connectivity index (χ2v) is 5.63. The fourth-order valence-electron chi connectivity index (χ4n) is 2.92. The molecule has 5 nitrogen and oxygen atoms in total. The summed E-state index contributed by atoms with van der Waals surface area (Å²) in [6, 6.07) is 5.31. The van der Waals surface area contributed by atoms with E-state index < -0.39 is 0 Å². The molecule has 3 N–H and O–H groups in total. The SMILES string of the molecule is CCC(CN)N1CCN(C(=O)c2ccc(O)cc2C)CC1. The number of benzene rings is 1. The number of phenols is 1. The van der Waals surface area contributed by atoms with Crippen LogP contribution in [-0.4, -0.2) is 59.6 Å². The van der Waals surface area contributed by atoms with E-state index in [-0.39, 0.29) is 11.7 Å². The number of piperazine rings is 1. The van der Waals surface area contributed by atoms with Crippen molar-refractivity contribution in [1.29, 1.82) is 0 Å². The number of amides is 1. The van der Waals surface area contributed by atoms with E-state index in [9.17, 15) is 9.90 Å². The summed E-state index contributed by atoms with van der Waals surface area (Å²) in [5, 5.41) is 9.44. The molecule has 0 aromatic heterocycles. The lowest BCUT2D eigenvalue weighted by Gasteiger charge is -2.38. The van der Waals surface area contributed by atoms with E-state index in [4.69, 9.17) is 5.73 Å². The van der Waals surface area contributed by atoms with Gasteiger partial charge < -0.3 is 15.7 Å². The Morgan fingerprint density at radius 2 is 2.00 bits per heavy atom. The fourth-order valence-corrected chi connectivity index (χ4v) is 2.92. The van der Waals surface area contributed by atoms with E-state index in [2.05, 4.69) is 11.8 Å². The minimum atomic E-state index is 0.0490. The van der Waals surface area contributed by atoms with Crippen LogP contribution in [0.15, 0.2) is 18.2 Å². The van der Waals surface area contributed by atoms with Gasteiger partial charge in [0.25, 0.3) is 5.91 Å². The topological polar surface area (TPSA) is 69.8 Å². The number of hydrogen-bond donors (Lipinski definition) is 2. The highest BCUT2D eigenvalue weighted by molar-refractivity contribution is 5.95. The minimum Gasteiger partial charge on any atom is -0.508 e. The normalized spacial score (nSPS) is 17.8. The third kappa shape index (κ3) is 3.54. The Balaban J connectivity index is 2.00. The molecular formula is C16H25N3O2. The molecule has 1 atom stereocenters. The number of hydrogen-bond acceptors (Lipinski definition) is 4. The Kier molecular flexibility index (Phi) is 5.20. The Labute approximate surface area is 126 Å². The second kappa shape index (κ2) is 6.91. The van der Waals surface area contributed by atoms with Crippen LogP contribution >= 0.6 is 0 Å². The van der Waals surface area contributed by atoms with Crippen LogP contribution < -0.4 is 5.73 Å². The maximum Gasteiger partial charge on any atom is 0.254 e. The van der Waals surface area contributed by atoms with Crippen molar-refractivity contribution in [2.24, 2.45) is 5.73 Å². The van der Waals surface area contributed by atoms with E-state index in [1.54, 1.807) is 18.2 Å². The van der Waals surface area contributed by atoms with Crippen molar-refractivity contribution < 1.29 is 9.90 Å². The number of carbonyl (C=O) groups is 1. The smallest absolute Gasteiger partial charge is 0.254 e. The maximum atomic E-state index is 12.5. The Hall–Kier alpha value is -1.59. The Bertz CT molecular complexity index is 492. The van der Waals surface area contributed by atoms with E-state index in [1.807, 2.05) is 11.8 Å². The van der Waals surface area contributed by atoms with E-state index in [1.165, 1.54) is 0 Å². The predicted octanol–water partition coefficient (Wildman–Crippen LogP) is 1.20. The first-order valence-corrected chi connectivity index (χ1v) is 7.59. The van der Waals surface area contributed by atoms with Crippen LogP contribution in [0.25, 0.3) is 0 Å². The molecule has 1 aromatic carbocycles. The lowest BCUT2D eigenvalue weighted by molar-refractivity contribution is 0.0571. The summed E-state index contributed by atoms with van der Waals surface area (Å²) >= 11 is 0. The maximum absolute atomic E-state index is 12.5. The largest absolute Gasteiger partial charge is 0.508 e. The van der Waals surface area contributed by atoms with Crippen LogP contribution in [0.2, 0.25) is 0 Å². The first-order valence-electron chi connectivity index (χ1n) is 7.59. The number of rotatable bonds is 4. The van der Waals surface area contributed by atoms with Crippen molar-refractivity contribution >= 4 is 5.91 Å². The zero-order valence-electron chi connectivity index (χ0n) is 12.9. The molecule has 5 heteroatoms. The first-order chi connectivity index (χ1) is 10.1. The summed E-state index contributed by atoms with van der Waals surface area (Å²) in [4.78, 5) is 16.8. The number of aromatic hydroxyl groups is 1. The summed E-state index contributed by atoms with van der Waals surface area (Å²) in [6.07, 6.45) is 1.04. The lowest BCUT2D eigenvalue weighted by atomic mass is 10.1. The van der Waals surface area contributed by atoms with Gasteiger partial charge in [0, 0.05) is 44.3 Å². The van der Waals surface area contributed by atoms with Crippen LogP contribution in [0.5, 0.6) is 5.75 Å². The molecule has 0 saturated carbocycles. The monoisotopic (exact) mass is 291 g/mol. The van der Waals surface area contributed by atoms with Crippen LogP contribution in [-0.2, 0) is 0 Å². The average Bonchev–Trinajstić information content (AvgIpc) is 2.48. The van der Waals surface area contributed by atoms with Crippen molar-refractivity contribution in [3.8, 4) is 5.75 Å². The van der Waals surface area contributed by atoms with Crippen LogP contribution in [0.1, 0.15) is 29.3 Å². The van der Waals surface area contributed by atoms with Crippen LogP contribution in [0, 0.1) is 6.92 Å². The molecule has 1 unspecified atom stereocenters. The number of nitrogens with zero attached hydrogens (tertiary/aromatic N) is 2. The summed E-state index contributed by atoms with van der Waals surface area (Å²) in [6.45, 7) is 7.88. The van der Waals surface area contributed by atoms with E-state index in [0.717, 1.165) is 38.2 Å². The fraction of sp³-hybridized carbons (Fsp3) is 0.562. The zero-order chi connectivity index (χ0) is 15.4. The Morgan fingerprint density at radius 1 is 1.33 bits per heavy atom. The van der Waals surface area contributed by atoms with Gasteiger partial charge in [-0.15, -0.1) is 0 Å². The van der Waals surface area contributed by atoms with Crippen molar-refractivity contribution in [1.82, 2.24) is 9.80 Å². The molecule has 1 fully saturated rings. The van der Waals surface area contributed by atoms with Gasteiger partial charge in [-0.1, -0.05) is 6.92 Å². The van der Waals surface area contributed by atoms with Crippen molar-refractivity contribution in [2.45, 2.75) is 26.3 Å². The highest BCUT2D eigenvalue weighted by Gasteiger charge is 2.25. The van der Waals surface area contributed by atoms with Gasteiger partial charge in [-0.3, -0.25) is 9.69 Å². The number of carbonyl (C=O) groups excluding carboxylic acids is 1. The van der Waals surface area contributed by atoms with Gasteiger partial charge in [0.15, 0.2) is 0 Å². The first kappa shape index (κ1) is 15.8. The van der Waals surface area contributed by atoms with Gasteiger partial charge in [-0.25, -0.2) is 0 Å². The molecule has 0 aliphatic carbocycles. The summed E-state index contributed by atoms with van der Waals surface area (Å²) in [7, 11) is 0. The molecule has 0 spiro atoms. The quantitative estimate of drug-likeness (QED) is 0.874. The number of nitrogens with two attached hydrogens (primary N) is 1. The Morgan fingerprint density at radius 3 is 2.52 bits per heavy atom. The number of aryl methyl sites for hydroxylation is 1. The van der Waals surface area contributed by atoms with Crippen LogP contribution in [0.3, 0.4) is 0 Å². The predicted molar refractivity (Wildman–Crippen MR) is 83.5 cm³/mol. The van der Waals surface area contributed by atoms with Gasteiger partial charge in [0.1, 0.15) is 5.75 Å². The van der Waals surface area contributed by atoms with E-state index in [0.29, 0.717) is 18.2 Å². The molecule has 1 heterocycles. The van der Waals surface area contributed by atoms with Crippen molar-refractivity contribution in [2.75, 3.05) is 32.7 Å². The van der Waals surface area contributed by atoms with Crippen LogP contribution in [0.4, 0.5) is 0 Å². The summed E-state index contributed by atoms with van der Waals surface area (Å²) in [5.41, 5.74) is 7.28. The third-order valence-corrected chi connectivity index (χ3v) is 4.30. The highest BCUT2D eigenvalue weighted by Crippen LogP contribution is 2.18. The second-order valence-electron chi connectivity index (χ2n) is 5.63. The lowest BCUT2D eigenvalue weighted by Crippen LogP contribution is -2.53. The average molecular weight is 291 g/mol. The van der Waals surface area contributed by atoms with Gasteiger partial charge in [0.2, 0.25) is 0 Å². The van der Waals surface area contributed by atoms with Gasteiger partial charge in [-0.2, -0.15) is 0 Å². The number of phenolic OH excluding ortho intramolecular Hbond substituents is 1. The highest BCUT2D eigenvalue weighted by atomic mass is 16.3. The molecule has 1 aromatic rings. The van der Waals surface area contributed by atoms with Gasteiger partial charge >= 0.3 is 0 Å². The molecular weight excluding hydrogens is 266 g/mol.